The van der Waals surface area contributed by atoms with E-state index in [-0.39, 0.29) is 17.9 Å². The smallest absolute Gasteiger partial charge is 0.313 e. The molecule has 6 nitrogen and oxygen atoms in total. The largest absolute Gasteiger partial charge is 0.489 e. The zero-order valence-corrected chi connectivity index (χ0v) is 14.4. The van der Waals surface area contributed by atoms with Crippen molar-refractivity contribution >= 4 is 23.2 Å². The van der Waals surface area contributed by atoms with Gasteiger partial charge in [-0.05, 0) is 38.1 Å². The summed E-state index contributed by atoms with van der Waals surface area (Å²) < 4.78 is 11.1. The Balaban J connectivity index is 1.81. The number of carbonyl (C=O) groups excluding carboxylic acids is 1. The van der Waals surface area contributed by atoms with Gasteiger partial charge in [0.05, 0.1) is 22.4 Å². The highest BCUT2D eigenvalue weighted by Crippen LogP contribution is 2.28. The van der Waals surface area contributed by atoms with Gasteiger partial charge >= 0.3 is 11.8 Å². The summed E-state index contributed by atoms with van der Waals surface area (Å²) in [5, 5.41) is 10.9. The van der Waals surface area contributed by atoms with E-state index < -0.39 is 5.91 Å². The van der Waals surface area contributed by atoms with E-state index in [0.717, 1.165) is 0 Å². The Morgan fingerprint density at radius 3 is 2.60 bits per heavy atom. The SMILES string of the molecule is CC(C)Oc1ccccc1NC(=O)c1nnc(-c2ccccc2Cl)o1. The molecule has 0 aliphatic rings. The molecule has 0 aliphatic carbocycles. The summed E-state index contributed by atoms with van der Waals surface area (Å²) >= 11 is 6.10. The summed E-state index contributed by atoms with van der Waals surface area (Å²) in [6, 6.07) is 14.2. The third-order valence-corrected chi connectivity index (χ3v) is 3.55. The van der Waals surface area contributed by atoms with Crippen molar-refractivity contribution in [1.82, 2.24) is 10.2 Å². The first kappa shape index (κ1) is 17.0. The van der Waals surface area contributed by atoms with Gasteiger partial charge in [0.25, 0.3) is 0 Å². The highest BCUT2D eigenvalue weighted by molar-refractivity contribution is 6.33. The van der Waals surface area contributed by atoms with E-state index in [0.29, 0.717) is 22.0 Å². The lowest BCUT2D eigenvalue weighted by Crippen LogP contribution is -2.14. The molecule has 3 rings (SSSR count). The number of nitrogens with zero attached hydrogens (tertiary/aromatic N) is 2. The molecule has 1 N–H and O–H groups in total. The Morgan fingerprint density at radius 1 is 1.12 bits per heavy atom. The number of rotatable bonds is 5. The maximum Gasteiger partial charge on any atom is 0.313 e. The Bertz CT molecular complexity index is 893. The summed E-state index contributed by atoms with van der Waals surface area (Å²) in [4.78, 5) is 12.4. The topological polar surface area (TPSA) is 77.2 Å². The van der Waals surface area contributed by atoms with E-state index >= 15 is 0 Å². The number of para-hydroxylation sites is 2. The Hall–Kier alpha value is -2.86. The summed E-state index contributed by atoms with van der Waals surface area (Å²) in [6.45, 7) is 3.82. The minimum Gasteiger partial charge on any atom is -0.489 e. The third kappa shape index (κ3) is 3.97. The van der Waals surface area contributed by atoms with Gasteiger partial charge in [0.15, 0.2) is 0 Å². The van der Waals surface area contributed by atoms with Crippen LogP contribution in [0.15, 0.2) is 52.9 Å². The fourth-order valence-electron chi connectivity index (χ4n) is 2.16. The van der Waals surface area contributed by atoms with Gasteiger partial charge in [0.1, 0.15) is 5.75 Å². The molecule has 0 radical (unpaired) electrons. The van der Waals surface area contributed by atoms with Crippen molar-refractivity contribution in [2.24, 2.45) is 0 Å². The molecule has 1 aromatic heterocycles. The number of aromatic nitrogens is 2. The Kier molecular flexibility index (Phi) is 5.00. The lowest BCUT2D eigenvalue weighted by Gasteiger charge is -2.13. The van der Waals surface area contributed by atoms with Gasteiger partial charge in [-0.2, -0.15) is 0 Å². The monoisotopic (exact) mass is 357 g/mol. The van der Waals surface area contributed by atoms with Gasteiger partial charge in [-0.15, -0.1) is 10.2 Å². The number of hydrogen-bond acceptors (Lipinski definition) is 5. The predicted octanol–water partition coefficient (Wildman–Crippen LogP) is 4.43. The summed E-state index contributed by atoms with van der Waals surface area (Å²) in [5.74, 6) is 0.0686. The predicted molar refractivity (Wildman–Crippen MR) is 94.9 cm³/mol. The van der Waals surface area contributed by atoms with Crippen LogP contribution in [0.25, 0.3) is 11.5 Å². The summed E-state index contributed by atoms with van der Waals surface area (Å²) in [5.41, 5.74) is 1.10. The van der Waals surface area contributed by atoms with Crippen molar-refractivity contribution in [2.75, 3.05) is 5.32 Å². The molecule has 3 aromatic rings. The van der Waals surface area contributed by atoms with Crippen molar-refractivity contribution in [1.29, 1.82) is 0 Å². The zero-order valence-electron chi connectivity index (χ0n) is 13.7. The van der Waals surface area contributed by atoms with Gasteiger partial charge in [0.2, 0.25) is 5.89 Å². The van der Waals surface area contributed by atoms with Crippen LogP contribution in [0, 0.1) is 0 Å². The number of hydrogen-bond donors (Lipinski definition) is 1. The van der Waals surface area contributed by atoms with Gasteiger partial charge in [-0.25, -0.2) is 0 Å². The van der Waals surface area contributed by atoms with Crippen LogP contribution in [0.3, 0.4) is 0 Å². The first-order chi connectivity index (χ1) is 12.0. The van der Waals surface area contributed by atoms with Gasteiger partial charge in [0, 0.05) is 0 Å². The number of carbonyl (C=O) groups is 1. The van der Waals surface area contributed by atoms with Gasteiger partial charge in [-0.3, -0.25) is 4.79 Å². The van der Waals surface area contributed by atoms with Crippen molar-refractivity contribution < 1.29 is 13.9 Å². The van der Waals surface area contributed by atoms with E-state index in [4.69, 9.17) is 20.8 Å². The van der Waals surface area contributed by atoms with E-state index in [2.05, 4.69) is 15.5 Å². The number of benzene rings is 2. The van der Waals surface area contributed by atoms with E-state index in [1.165, 1.54) is 0 Å². The quantitative estimate of drug-likeness (QED) is 0.730. The van der Waals surface area contributed by atoms with Gasteiger partial charge < -0.3 is 14.5 Å². The Morgan fingerprint density at radius 2 is 1.84 bits per heavy atom. The molecule has 2 aromatic carbocycles. The molecule has 25 heavy (non-hydrogen) atoms. The first-order valence-corrected chi connectivity index (χ1v) is 8.08. The van der Waals surface area contributed by atoms with Crippen LogP contribution in [-0.4, -0.2) is 22.2 Å². The molecule has 7 heteroatoms. The van der Waals surface area contributed by atoms with Gasteiger partial charge in [-0.1, -0.05) is 35.9 Å². The third-order valence-electron chi connectivity index (χ3n) is 3.22. The first-order valence-electron chi connectivity index (χ1n) is 7.70. The second-order valence-electron chi connectivity index (χ2n) is 5.51. The highest BCUT2D eigenvalue weighted by Gasteiger charge is 2.18. The standard InChI is InChI=1S/C18H16ClN3O3/c1-11(2)24-15-10-6-5-9-14(15)20-16(23)18-22-21-17(25-18)12-7-3-4-8-13(12)19/h3-11H,1-2H3,(H,20,23). The molecule has 0 saturated heterocycles. The molecule has 1 amide bonds. The van der Waals surface area contributed by atoms with Crippen LogP contribution in [0.1, 0.15) is 24.5 Å². The molecule has 0 fully saturated rings. The summed E-state index contributed by atoms with van der Waals surface area (Å²) in [7, 11) is 0. The minimum atomic E-state index is -0.523. The number of amides is 1. The fraction of sp³-hybridized carbons (Fsp3) is 0.167. The van der Waals surface area contributed by atoms with Crippen molar-refractivity contribution in [3.63, 3.8) is 0 Å². The molecule has 0 saturated carbocycles. The van der Waals surface area contributed by atoms with Crippen LogP contribution >= 0.6 is 11.6 Å². The maximum atomic E-state index is 12.4. The fourth-order valence-corrected chi connectivity index (χ4v) is 2.38. The lowest BCUT2D eigenvalue weighted by molar-refractivity contribution is 0.0990. The second kappa shape index (κ2) is 7.36. The lowest BCUT2D eigenvalue weighted by atomic mass is 10.2. The maximum absolute atomic E-state index is 12.4. The average molecular weight is 358 g/mol. The molecule has 0 atom stereocenters. The van der Waals surface area contributed by atoms with E-state index in [1.807, 2.05) is 19.9 Å². The molecular weight excluding hydrogens is 342 g/mol. The number of halogens is 1. The number of ether oxygens (including phenoxy) is 1. The van der Waals surface area contributed by atoms with E-state index in [1.54, 1.807) is 42.5 Å². The van der Waals surface area contributed by atoms with Crippen molar-refractivity contribution in [3.05, 3.63) is 59.4 Å². The number of nitrogens with one attached hydrogen (secondary N) is 1. The molecule has 0 aliphatic heterocycles. The number of anilines is 1. The van der Waals surface area contributed by atoms with Crippen LogP contribution in [0.2, 0.25) is 5.02 Å². The average Bonchev–Trinajstić information content (AvgIpc) is 3.06. The van der Waals surface area contributed by atoms with Crippen LogP contribution in [-0.2, 0) is 0 Å². The molecular formula is C18H16ClN3O3. The Labute approximate surface area is 149 Å². The molecule has 0 unspecified atom stereocenters. The van der Waals surface area contributed by atoms with Crippen LogP contribution in [0.4, 0.5) is 5.69 Å². The highest BCUT2D eigenvalue weighted by atomic mass is 35.5. The molecule has 0 bridgehead atoms. The van der Waals surface area contributed by atoms with Crippen LogP contribution < -0.4 is 10.1 Å². The minimum absolute atomic E-state index is 0.0201. The second-order valence-corrected chi connectivity index (χ2v) is 5.92. The molecule has 1 heterocycles. The van der Waals surface area contributed by atoms with Crippen molar-refractivity contribution in [2.45, 2.75) is 20.0 Å². The molecule has 0 spiro atoms. The van der Waals surface area contributed by atoms with Crippen molar-refractivity contribution in [3.8, 4) is 17.2 Å². The normalized spacial score (nSPS) is 10.7. The van der Waals surface area contributed by atoms with E-state index in [9.17, 15) is 4.79 Å². The van der Waals surface area contributed by atoms with Crippen LogP contribution in [0.5, 0.6) is 5.75 Å². The zero-order chi connectivity index (χ0) is 17.8. The summed E-state index contributed by atoms with van der Waals surface area (Å²) in [6.07, 6.45) is -0.0201. The molecule has 128 valence electrons.